The van der Waals surface area contributed by atoms with Crippen molar-refractivity contribution in [2.45, 2.75) is 25.8 Å². The number of ether oxygens (including phenoxy) is 2. The zero-order chi connectivity index (χ0) is 21.8. The Hall–Kier alpha value is -2.78. The van der Waals surface area contributed by atoms with Gasteiger partial charge in [-0.1, -0.05) is 12.1 Å². The van der Waals surface area contributed by atoms with Crippen molar-refractivity contribution in [1.29, 1.82) is 0 Å². The molecule has 9 heteroatoms. The third-order valence-corrected chi connectivity index (χ3v) is 4.32. The molecule has 30 heavy (non-hydrogen) atoms. The molecular weight excluding hydrogens is 393 g/mol. The molecule has 2 aromatic rings. The topological polar surface area (TPSA) is 93.9 Å². The van der Waals surface area contributed by atoms with Gasteiger partial charge in [0, 0.05) is 40.5 Å². The number of aromatic nitrogens is 1. The molecule has 8 nitrogen and oxygen atoms in total. The molecule has 0 spiro atoms. The number of hydrogen-bond acceptors (Lipinski definition) is 6. The molecule has 1 N–H and O–H groups in total. The van der Waals surface area contributed by atoms with Gasteiger partial charge in [0.1, 0.15) is 12.1 Å². The predicted octanol–water partition coefficient (Wildman–Crippen LogP) is 2.19. The third-order valence-electron chi connectivity index (χ3n) is 4.32. The molecule has 0 aliphatic rings. The van der Waals surface area contributed by atoms with Crippen LogP contribution in [0.2, 0.25) is 0 Å². The van der Waals surface area contributed by atoms with Crippen LogP contribution in [0.25, 0.3) is 0 Å². The van der Waals surface area contributed by atoms with Crippen molar-refractivity contribution >= 4 is 11.8 Å². The van der Waals surface area contributed by atoms with Crippen LogP contribution in [0.15, 0.2) is 34.9 Å². The number of oxazole rings is 1. The number of nitrogens with one attached hydrogen (secondary N) is 1. The summed E-state index contributed by atoms with van der Waals surface area (Å²) in [5.41, 5.74) is 0.868. The van der Waals surface area contributed by atoms with E-state index >= 15 is 0 Å². The molecule has 1 aromatic carbocycles. The average Bonchev–Trinajstić information content (AvgIpc) is 3.21. The lowest BCUT2D eigenvalue weighted by molar-refractivity contribution is -0.131. The van der Waals surface area contributed by atoms with Gasteiger partial charge >= 0.3 is 0 Å². The minimum absolute atomic E-state index is 0.126. The van der Waals surface area contributed by atoms with Crippen LogP contribution in [0.1, 0.15) is 34.8 Å². The summed E-state index contributed by atoms with van der Waals surface area (Å²) in [4.78, 5) is 30.7. The fourth-order valence-corrected chi connectivity index (χ4v) is 2.74. The van der Waals surface area contributed by atoms with Gasteiger partial charge in [-0.15, -0.1) is 0 Å². The van der Waals surface area contributed by atoms with Crippen molar-refractivity contribution < 1.29 is 27.9 Å². The number of methoxy groups -OCH3 is 2. The van der Waals surface area contributed by atoms with Gasteiger partial charge in [0.15, 0.2) is 5.69 Å². The second kappa shape index (κ2) is 12.7. The van der Waals surface area contributed by atoms with E-state index in [9.17, 15) is 14.0 Å². The van der Waals surface area contributed by atoms with Crippen molar-refractivity contribution in [1.82, 2.24) is 15.2 Å². The molecule has 0 unspecified atom stereocenters. The summed E-state index contributed by atoms with van der Waals surface area (Å²) in [6, 6.07) is 5.81. The Kier molecular flexibility index (Phi) is 9.96. The lowest BCUT2D eigenvalue weighted by Gasteiger charge is -2.21. The van der Waals surface area contributed by atoms with E-state index in [0.717, 1.165) is 0 Å². The maximum atomic E-state index is 13.1. The van der Waals surface area contributed by atoms with Crippen LogP contribution in [0, 0.1) is 5.82 Å². The molecule has 0 atom stereocenters. The highest BCUT2D eigenvalue weighted by Gasteiger charge is 2.19. The first kappa shape index (κ1) is 23.5. The zero-order valence-corrected chi connectivity index (χ0v) is 17.4. The Morgan fingerprint density at radius 1 is 1.13 bits per heavy atom. The van der Waals surface area contributed by atoms with E-state index in [4.69, 9.17) is 13.9 Å². The van der Waals surface area contributed by atoms with Gasteiger partial charge in [-0.2, -0.15) is 0 Å². The largest absolute Gasteiger partial charge is 0.446 e. The second-order valence-corrected chi connectivity index (χ2v) is 6.69. The number of rotatable bonds is 13. The average molecular weight is 421 g/mol. The number of amides is 2. The molecule has 164 valence electrons. The molecule has 0 fully saturated rings. The molecule has 2 amide bonds. The van der Waals surface area contributed by atoms with E-state index in [2.05, 4.69) is 10.3 Å². The minimum atomic E-state index is -0.351. The Bertz CT molecular complexity index is 794. The number of carbonyl (C=O) groups excluding carboxylic acids is 2. The fraction of sp³-hybridized carbons (Fsp3) is 0.476. The number of benzene rings is 1. The summed E-state index contributed by atoms with van der Waals surface area (Å²) in [6.45, 7) is 2.08. The van der Waals surface area contributed by atoms with E-state index in [0.29, 0.717) is 44.7 Å². The van der Waals surface area contributed by atoms with Crippen molar-refractivity contribution in [3.05, 3.63) is 53.5 Å². The summed E-state index contributed by atoms with van der Waals surface area (Å²) < 4.78 is 28.5. The van der Waals surface area contributed by atoms with Gasteiger partial charge in [-0.25, -0.2) is 9.37 Å². The van der Waals surface area contributed by atoms with Crippen LogP contribution in [0.5, 0.6) is 0 Å². The summed E-state index contributed by atoms with van der Waals surface area (Å²) in [5.74, 6) is -0.580. The van der Waals surface area contributed by atoms with Crippen LogP contribution < -0.4 is 5.32 Å². The number of hydrogen-bond donors (Lipinski definition) is 1. The molecule has 0 saturated heterocycles. The first-order valence-corrected chi connectivity index (χ1v) is 9.76. The molecule has 1 heterocycles. The first-order chi connectivity index (χ1) is 14.5. The van der Waals surface area contributed by atoms with Crippen LogP contribution in [0.3, 0.4) is 0 Å². The predicted molar refractivity (Wildman–Crippen MR) is 107 cm³/mol. The van der Waals surface area contributed by atoms with Crippen LogP contribution in [0.4, 0.5) is 4.39 Å². The van der Waals surface area contributed by atoms with E-state index in [1.54, 1.807) is 31.3 Å². The lowest BCUT2D eigenvalue weighted by atomic mass is 10.1. The Labute approximate surface area is 175 Å². The fourth-order valence-electron chi connectivity index (χ4n) is 2.74. The normalized spacial score (nSPS) is 10.8. The monoisotopic (exact) mass is 421 g/mol. The summed E-state index contributed by atoms with van der Waals surface area (Å²) in [7, 11) is 3.19. The highest BCUT2D eigenvalue weighted by atomic mass is 19.1. The third kappa shape index (κ3) is 7.92. The Balaban J connectivity index is 1.98. The number of halogens is 1. The zero-order valence-electron chi connectivity index (χ0n) is 17.4. The summed E-state index contributed by atoms with van der Waals surface area (Å²) in [6.07, 6.45) is 2.73. The molecule has 2 rings (SSSR count). The van der Waals surface area contributed by atoms with Gasteiger partial charge in [-0.3, -0.25) is 9.59 Å². The second-order valence-electron chi connectivity index (χ2n) is 6.69. The van der Waals surface area contributed by atoms with Gasteiger partial charge in [0.2, 0.25) is 11.8 Å². The van der Waals surface area contributed by atoms with Crippen LogP contribution in [-0.2, 0) is 27.2 Å². The molecule has 0 radical (unpaired) electrons. The number of carbonyl (C=O) groups is 2. The molecular formula is C21H28FN3O5. The summed E-state index contributed by atoms with van der Waals surface area (Å²) >= 11 is 0. The maximum Gasteiger partial charge on any atom is 0.273 e. The van der Waals surface area contributed by atoms with Crippen molar-refractivity contribution in [2.75, 3.05) is 40.5 Å². The highest BCUT2D eigenvalue weighted by Crippen LogP contribution is 2.11. The molecule has 0 aliphatic carbocycles. The van der Waals surface area contributed by atoms with E-state index in [1.165, 1.54) is 18.4 Å². The van der Waals surface area contributed by atoms with Crippen LogP contribution >= 0.6 is 0 Å². The first-order valence-electron chi connectivity index (χ1n) is 9.76. The SMILES string of the molecule is COCCCNC(=O)c1coc(CN(CCCOC)C(=O)Cc2ccc(F)cc2)n1. The standard InChI is InChI=1S/C21H28FN3O5/c1-28-11-3-9-23-21(27)18-15-30-19(24-18)14-25(10-4-12-29-2)20(26)13-16-5-7-17(22)8-6-16/h5-8,15H,3-4,9-14H2,1-2H3,(H,23,27). The van der Waals surface area contributed by atoms with Crippen molar-refractivity contribution in [3.63, 3.8) is 0 Å². The number of nitrogens with zero attached hydrogens (tertiary/aromatic N) is 2. The smallest absolute Gasteiger partial charge is 0.273 e. The van der Waals surface area contributed by atoms with E-state index in [1.807, 2.05) is 0 Å². The Morgan fingerprint density at radius 3 is 2.53 bits per heavy atom. The van der Waals surface area contributed by atoms with Gasteiger partial charge in [-0.05, 0) is 30.5 Å². The van der Waals surface area contributed by atoms with Crippen LogP contribution in [-0.4, -0.2) is 62.2 Å². The van der Waals surface area contributed by atoms with Crippen molar-refractivity contribution in [2.24, 2.45) is 0 Å². The minimum Gasteiger partial charge on any atom is -0.446 e. The van der Waals surface area contributed by atoms with E-state index < -0.39 is 0 Å². The molecule has 1 aromatic heterocycles. The molecule has 0 aliphatic heterocycles. The summed E-state index contributed by atoms with van der Waals surface area (Å²) in [5, 5.41) is 2.73. The highest BCUT2D eigenvalue weighted by molar-refractivity contribution is 5.91. The van der Waals surface area contributed by atoms with Gasteiger partial charge in [0.25, 0.3) is 5.91 Å². The molecule has 0 saturated carbocycles. The quantitative estimate of drug-likeness (QED) is 0.499. The van der Waals surface area contributed by atoms with E-state index in [-0.39, 0.29) is 42.2 Å². The lowest BCUT2D eigenvalue weighted by Crippen LogP contribution is -2.33. The van der Waals surface area contributed by atoms with Gasteiger partial charge < -0.3 is 24.1 Å². The maximum absolute atomic E-state index is 13.1. The Morgan fingerprint density at radius 2 is 1.83 bits per heavy atom. The van der Waals surface area contributed by atoms with Gasteiger partial charge in [0.05, 0.1) is 13.0 Å². The molecule has 0 bridgehead atoms. The van der Waals surface area contributed by atoms with Crippen molar-refractivity contribution in [3.8, 4) is 0 Å².